The number of carbonyl (C=O) groups is 2. The first-order valence-corrected chi connectivity index (χ1v) is 10.2. The maximum absolute atomic E-state index is 13.7. The van der Waals surface area contributed by atoms with Gasteiger partial charge in [-0.3, -0.25) is 14.8 Å². The maximum atomic E-state index is 13.7. The fraction of sp³-hybridized carbons (Fsp3) is 0.273. The number of nitrogens with one attached hydrogen (secondary N) is 1. The minimum atomic E-state index is -1.83. The molecule has 0 fully saturated rings. The molecular formula is C22H19ClFN2O7-. The van der Waals surface area contributed by atoms with Gasteiger partial charge in [0.15, 0.2) is 5.75 Å². The molecule has 0 saturated heterocycles. The zero-order valence-electron chi connectivity index (χ0n) is 17.8. The van der Waals surface area contributed by atoms with Gasteiger partial charge >= 0.3 is 0 Å². The van der Waals surface area contributed by atoms with E-state index in [2.05, 4.69) is 5.32 Å². The molecule has 9 nitrogen and oxygen atoms in total. The molecule has 33 heavy (non-hydrogen) atoms. The van der Waals surface area contributed by atoms with Crippen molar-refractivity contribution in [2.24, 2.45) is 5.92 Å². The normalized spacial score (nSPS) is 21.4. The molecule has 0 radical (unpaired) electrons. The Hall–Kier alpha value is -3.34. The molecule has 4 rings (SSSR count). The van der Waals surface area contributed by atoms with Gasteiger partial charge in [0.05, 0.1) is 19.9 Å². The lowest BCUT2D eigenvalue weighted by molar-refractivity contribution is -0.129. The SMILES string of the molecule is COc1cc(OC)c2c(c1Cl)OC1(C(=O)C=C(Nc3ccc(F)c(N([O-])O)c3)CC1C)C2=O. The van der Waals surface area contributed by atoms with Crippen LogP contribution in [0.4, 0.5) is 15.8 Å². The number of carbonyl (C=O) groups excluding carboxylic acids is 2. The minimum Gasteiger partial charge on any atom is -0.733 e. The summed E-state index contributed by atoms with van der Waals surface area (Å²) in [5, 5.41) is 22.5. The van der Waals surface area contributed by atoms with E-state index >= 15 is 0 Å². The molecule has 2 atom stereocenters. The standard InChI is InChI=1S/C22H19ClFN2O7/c1-10-6-12(25-11-4-5-13(24)14(7-11)26(29)30)8-17(27)22(10)21(28)18-15(31-2)9-16(32-3)19(23)20(18)33-22/h4-5,7-10,25,29H,6H2,1-3H3/q-1. The van der Waals surface area contributed by atoms with E-state index in [1.807, 2.05) is 0 Å². The minimum absolute atomic E-state index is 0.0181. The van der Waals surface area contributed by atoms with Crippen molar-refractivity contribution in [3.05, 3.63) is 57.6 Å². The number of hydrogen-bond acceptors (Lipinski definition) is 9. The Morgan fingerprint density at radius 1 is 1.27 bits per heavy atom. The van der Waals surface area contributed by atoms with E-state index in [4.69, 9.17) is 31.0 Å². The van der Waals surface area contributed by atoms with Crippen molar-refractivity contribution in [3.63, 3.8) is 0 Å². The van der Waals surface area contributed by atoms with E-state index in [-0.39, 0.29) is 39.9 Å². The topological polar surface area (TPSA) is 120 Å². The van der Waals surface area contributed by atoms with E-state index in [0.717, 1.165) is 12.1 Å². The lowest BCUT2D eigenvalue weighted by atomic mass is 9.74. The van der Waals surface area contributed by atoms with Crippen molar-refractivity contribution in [2.45, 2.75) is 18.9 Å². The number of methoxy groups -OCH3 is 2. The van der Waals surface area contributed by atoms with Crippen LogP contribution in [0.3, 0.4) is 0 Å². The predicted octanol–water partition coefficient (Wildman–Crippen LogP) is 4.11. The van der Waals surface area contributed by atoms with Gasteiger partial charge in [0, 0.05) is 29.4 Å². The number of halogens is 2. The number of anilines is 2. The number of ketones is 2. The Kier molecular flexibility index (Phi) is 5.69. The van der Waals surface area contributed by atoms with Crippen LogP contribution in [0.15, 0.2) is 36.0 Å². The first-order valence-electron chi connectivity index (χ1n) is 9.80. The van der Waals surface area contributed by atoms with Crippen molar-refractivity contribution >= 4 is 34.5 Å². The summed E-state index contributed by atoms with van der Waals surface area (Å²) in [6, 6.07) is 4.88. The van der Waals surface area contributed by atoms with Crippen LogP contribution in [0.1, 0.15) is 23.7 Å². The predicted molar refractivity (Wildman–Crippen MR) is 117 cm³/mol. The number of ether oxygens (including phenoxy) is 3. The second-order valence-electron chi connectivity index (χ2n) is 7.67. The van der Waals surface area contributed by atoms with Gasteiger partial charge in [-0.1, -0.05) is 18.5 Å². The lowest BCUT2D eigenvalue weighted by Crippen LogP contribution is -2.55. The van der Waals surface area contributed by atoms with Gasteiger partial charge in [0.1, 0.15) is 27.9 Å². The highest BCUT2D eigenvalue weighted by Gasteiger charge is 2.60. The molecule has 2 unspecified atom stereocenters. The average Bonchev–Trinajstić information content (AvgIpc) is 3.09. The van der Waals surface area contributed by atoms with Gasteiger partial charge in [-0.2, -0.15) is 0 Å². The molecule has 1 spiro atoms. The van der Waals surface area contributed by atoms with Crippen LogP contribution in [-0.2, 0) is 4.79 Å². The number of nitrogens with zero attached hydrogens (tertiary/aromatic N) is 1. The molecule has 1 aliphatic heterocycles. The number of allylic oxidation sites excluding steroid dienone is 1. The average molecular weight is 478 g/mol. The highest BCUT2D eigenvalue weighted by atomic mass is 35.5. The maximum Gasteiger partial charge on any atom is 0.236 e. The quantitative estimate of drug-likeness (QED) is 0.484. The lowest BCUT2D eigenvalue weighted by Gasteiger charge is -2.35. The molecule has 2 aromatic carbocycles. The number of rotatable bonds is 5. The summed E-state index contributed by atoms with van der Waals surface area (Å²) in [4.78, 5) is 26.7. The van der Waals surface area contributed by atoms with Crippen LogP contribution in [0.5, 0.6) is 17.2 Å². The molecule has 0 aromatic heterocycles. The van der Waals surface area contributed by atoms with Crippen molar-refractivity contribution < 1.29 is 33.4 Å². The highest BCUT2D eigenvalue weighted by Crippen LogP contribution is 2.53. The zero-order chi connectivity index (χ0) is 24.1. The van der Waals surface area contributed by atoms with Gasteiger partial charge in [-0.15, -0.1) is 0 Å². The molecule has 0 bridgehead atoms. The van der Waals surface area contributed by atoms with Crippen molar-refractivity contribution in [1.82, 2.24) is 0 Å². The van der Waals surface area contributed by atoms with E-state index in [1.165, 1.54) is 32.4 Å². The van der Waals surface area contributed by atoms with Crippen LogP contribution in [0, 0.1) is 16.9 Å². The number of hydrogen-bond donors (Lipinski definition) is 2. The van der Waals surface area contributed by atoms with Gasteiger partial charge in [-0.25, -0.2) is 4.39 Å². The second kappa shape index (κ2) is 8.22. The molecule has 2 N–H and O–H groups in total. The van der Waals surface area contributed by atoms with Gasteiger partial charge < -0.3 is 30.0 Å². The summed E-state index contributed by atoms with van der Waals surface area (Å²) < 4.78 is 30.1. The van der Waals surface area contributed by atoms with Crippen LogP contribution >= 0.6 is 11.6 Å². The van der Waals surface area contributed by atoms with Crippen molar-refractivity contribution in [2.75, 3.05) is 24.8 Å². The Bertz CT molecular complexity index is 1200. The van der Waals surface area contributed by atoms with Gasteiger partial charge in [-0.05, 0) is 24.6 Å². The Morgan fingerprint density at radius 2 is 1.97 bits per heavy atom. The molecule has 174 valence electrons. The third-order valence-corrected chi connectivity index (χ3v) is 6.13. The molecule has 0 saturated carbocycles. The molecule has 2 aliphatic rings. The summed E-state index contributed by atoms with van der Waals surface area (Å²) in [5.74, 6) is -2.30. The molecule has 1 heterocycles. The van der Waals surface area contributed by atoms with Crippen molar-refractivity contribution in [1.29, 1.82) is 0 Å². The van der Waals surface area contributed by atoms with Crippen LogP contribution in [0.25, 0.3) is 0 Å². The first-order chi connectivity index (χ1) is 15.6. The summed E-state index contributed by atoms with van der Waals surface area (Å²) in [5.41, 5.74) is -1.68. The fourth-order valence-corrected chi connectivity index (χ4v) is 4.40. The Labute approximate surface area is 192 Å². The third kappa shape index (κ3) is 3.47. The molecule has 1 aliphatic carbocycles. The summed E-state index contributed by atoms with van der Waals surface area (Å²) in [6.45, 7) is 1.68. The van der Waals surface area contributed by atoms with Gasteiger partial charge in [0.25, 0.3) is 0 Å². The zero-order valence-corrected chi connectivity index (χ0v) is 18.5. The monoisotopic (exact) mass is 477 g/mol. The highest BCUT2D eigenvalue weighted by molar-refractivity contribution is 6.36. The van der Waals surface area contributed by atoms with Crippen molar-refractivity contribution in [3.8, 4) is 17.2 Å². The van der Waals surface area contributed by atoms with Gasteiger partial charge in [0.2, 0.25) is 17.2 Å². The number of fused-ring (bicyclic) bond motifs is 1. The summed E-state index contributed by atoms with van der Waals surface area (Å²) in [7, 11) is 2.78. The second-order valence-corrected chi connectivity index (χ2v) is 8.05. The Balaban J connectivity index is 1.69. The Morgan fingerprint density at radius 3 is 2.58 bits per heavy atom. The van der Waals surface area contributed by atoms with E-state index in [0.29, 0.717) is 5.70 Å². The third-order valence-electron chi connectivity index (χ3n) is 5.77. The number of benzene rings is 2. The first kappa shape index (κ1) is 22.8. The molecule has 0 amide bonds. The van der Waals surface area contributed by atoms with E-state index in [9.17, 15) is 19.2 Å². The summed E-state index contributed by atoms with van der Waals surface area (Å²) >= 11 is 6.36. The molecular weight excluding hydrogens is 459 g/mol. The van der Waals surface area contributed by atoms with E-state index < -0.39 is 39.8 Å². The van der Waals surface area contributed by atoms with Crippen LogP contribution in [-0.4, -0.2) is 36.6 Å². The smallest absolute Gasteiger partial charge is 0.236 e. The van der Waals surface area contributed by atoms with Crippen LogP contribution in [0.2, 0.25) is 5.02 Å². The molecule has 11 heteroatoms. The summed E-state index contributed by atoms with van der Waals surface area (Å²) in [6.07, 6.45) is 1.42. The largest absolute Gasteiger partial charge is 0.733 e. The van der Waals surface area contributed by atoms with Crippen LogP contribution < -0.4 is 24.8 Å². The van der Waals surface area contributed by atoms with E-state index in [1.54, 1.807) is 6.92 Å². The molecule has 2 aromatic rings. The number of Topliss-reactive ketones (excluding diaryl/α,β-unsaturated/α-hetero) is 1. The fourth-order valence-electron chi connectivity index (χ4n) is 4.14.